The topological polar surface area (TPSA) is 77.1 Å². The van der Waals surface area contributed by atoms with Crippen LogP contribution in [-0.4, -0.2) is 13.1 Å². The molecule has 5 nitrogen and oxygen atoms in total. The number of sulfonamides is 1. The van der Waals surface area contributed by atoms with Crippen LogP contribution < -0.4 is 10.6 Å². The Bertz CT molecular complexity index is 559. The number of hydrogen-bond acceptors (Lipinski definition) is 3. The van der Waals surface area contributed by atoms with Gasteiger partial charge in [0.2, 0.25) is 10.0 Å². The number of aromatic nitrogens is 1. The van der Waals surface area contributed by atoms with Crippen molar-refractivity contribution >= 4 is 15.7 Å². The van der Waals surface area contributed by atoms with E-state index < -0.39 is 10.0 Å². The molecule has 0 bridgehead atoms. The van der Waals surface area contributed by atoms with Gasteiger partial charge in [0.05, 0.1) is 10.6 Å². The highest BCUT2D eigenvalue weighted by Gasteiger charge is 2.06. The smallest absolute Gasteiger partial charge is 0.238 e. The molecule has 84 valence electrons. The Kier molecular flexibility index (Phi) is 2.67. The van der Waals surface area contributed by atoms with Crippen LogP contribution in [0.1, 0.15) is 0 Å². The third-order valence-corrected chi connectivity index (χ3v) is 2.97. The van der Waals surface area contributed by atoms with Gasteiger partial charge in [-0.25, -0.2) is 13.6 Å². The van der Waals surface area contributed by atoms with E-state index >= 15 is 0 Å². The van der Waals surface area contributed by atoms with E-state index in [9.17, 15) is 8.42 Å². The number of nitrogens with zero attached hydrogens (tertiary/aromatic N) is 1. The molecule has 0 aliphatic heterocycles. The fourth-order valence-corrected chi connectivity index (χ4v) is 1.79. The summed E-state index contributed by atoms with van der Waals surface area (Å²) in [4.78, 5) is 0.102. The highest BCUT2D eigenvalue weighted by molar-refractivity contribution is 7.89. The van der Waals surface area contributed by atoms with E-state index in [1.165, 1.54) is 12.1 Å². The quantitative estimate of drug-likeness (QED) is 0.836. The number of hydrogen-bond donors (Lipinski definition) is 2. The Morgan fingerprint density at radius 1 is 1.06 bits per heavy atom. The number of primary sulfonamides is 1. The monoisotopic (exact) mass is 237 g/mol. The minimum Gasteiger partial charge on any atom is -0.295 e. The third kappa shape index (κ3) is 2.41. The summed E-state index contributed by atoms with van der Waals surface area (Å²) >= 11 is 0. The zero-order valence-electron chi connectivity index (χ0n) is 8.37. The van der Waals surface area contributed by atoms with Crippen molar-refractivity contribution in [2.45, 2.75) is 4.90 Å². The second-order valence-electron chi connectivity index (χ2n) is 3.27. The lowest BCUT2D eigenvalue weighted by atomic mass is 10.3. The van der Waals surface area contributed by atoms with Crippen molar-refractivity contribution in [2.75, 3.05) is 5.43 Å². The van der Waals surface area contributed by atoms with Gasteiger partial charge in [0.25, 0.3) is 0 Å². The number of rotatable bonds is 3. The van der Waals surface area contributed by atoms with Gasteiger partial charge in [-0.15, -0.1) is 0 Å². The van der Waals surface area contributed by atoms with Crippen LogP contribution in [0.25, 0.3) is 0 Å². The molecule has 0 saturated carbocycles. The maximum absolute atomic E-state index is 11.0. The first-order valence-electron chi connectivity index (χ1n) is 4.58. The predicted molar refractivity (Wildman–Crippen MR) is 61.3 cm³/mol. The second-order valence-corrected chi connectivity index (χ2v) is 4.83. The second kappa shape index (κ2) is 3.99. The van der Waals surface area contributed by atoms with Gasteiger partial charge in [-0.2, -0.15) is 0 Å². The van der Waals surface area contributed by atoms with Gasteiger partial charge in [-0.05, 0) is 36.4 Å². The van der Waals surface area contributed by atoms with Crippen LogP contribution >= 0.6 is 0 Å². The summed E-state index contributed by atoms with van der Waals surface area (Å²) in [6, 6.07) is 9.99. The van der Waals surface area contributed by atoms with E-state index in [1.54, 1.807) is 16.8 Å². The van der Waals surface area contributed by atoms with Crippen molar-refractivity contribution in [3.63, 3.8) is 0 Å². The lowest BCUT2D eigenvalue weighted by molar-refractivity contribution is 0.598. The number of benzene rings is 1. The summed E-state index contributed by atoms with van der Waals surface area (Å²) in [5.41, 5.74) is 3.82. The molecule has 0 aliphatic rings. The molecule has 1 aromatic carbocycles. The zero-order valence-corrected chi connectivity index (χ0v) is 9.18. The predicted octanol–water partition coefficient (Wildman–Crippen LogP) is 1.01. The number of nitrogens with two attached hydrogens (primary N) is 1. The standard InChI is InChI=1S/C10H11N3O2S/c11-16(14,15)10-5-3-9(4-6-10)12-13-7-1-2-8-13/h1-8,12H,(H2,11,14,15). The van der Waals surface area contributed by atoms with Gasteiger partial charge in [-0.1, -0.05) is 0 Å². The minimum atomic E-state index is -3.62. The lowest BCUT2D eigenvalue weighted by Gasteiger charge is -2.07. The third-order valence-electron chi connectivity index (χ3n) is 2.05. The molecule has 2 rings (SSSR count). The lowest BCUT2D eigenvalue weighted by Crippen LogP contribution is -2.12. The highest BCUT2D eigenvalue weighted by Crippen LogP contribution is 2.12. The molecule has 0 atom stereocenters. The maximum Gasteiger partial charge on any atom is 0.238 e. The molecule has 0 aliphatic carbocycles. The Morgan fingerprint density at radius 2 is 1.62 bits per heavy atom. The molecule has 0 unspecified atom stereocenters. The molecule has 1 aromatic heterocycles. The van der Waals surface area contributed by atoms with Crippen LogP contribution in [0.2, 0.25) is 0 Å². The van der Waals surface area contributed by atoms with E-state index in [2.05, 4.69) is 5.43 Å². The van der Waals surface area contributed by atoms with E-state index in [4.69, 9.17) is 5.14 Å². The summed E-state index contributed by atoms with van der Waals surface area (Å²) < 4.78 is 23.8. The van der Waals surface area contributed by atoms with E-state index in [0.29, 0.717) is 0 Å². The minimum absolute atomic E-state index is 0.102. The summed E-state index contributed by atoms with van der Waals surface area (Å²) in [6.45, 7) is 0. The fourth-order valence-electron chi connectivity index (χ4n) is 1.28. The highest BCUT2D eigenvalue weighted by atomic mass is 32.2. The molecular formula is C10H11N3O2S. The van der Waals surface area contributed by atoms with Gasteiger partial charge < -0.3 is 0 Å². The van der Waals surface area contributed by atoms with Crippen molar-refractivity contribution in [1.29, 1.82) is 0 Å². The van der Waals surface area contributed by atoms with Crippen molar-refractivity contribution in [3.8, 4) is 0 Å². The largest absolute Gasteiger partial charge is 0.295 e. The van der Waals surface area contributed by atoms with Crippen molar-refractivity contribution < 1.29 is 8.42 Å². The molecule has 0 fully saturated rings. The Labute approximate surface area is 93.5 Å². The normalized spacial score (nSPS) is 11.3. The first kappa shape index (κ1) is 10.7. The maximum atomic E-state index is 11.0. The van der Waals surface area contributed by atoms with Crippen LogP contribution in [0.3, 0.4) is 0 Å². The SMILES string of the molecule is NS(=O)(=O)c1ccc(Nn2cccc2)cc1. The summed E-state index contributed by atoms with van der Waals surface area (Å²) in [5.74, 6) is 0. The molecule has 0 radical (unpaired) electrons. The van der Waals surface area contributed by atoms with Gasteiger partial charge in [-0.3, -0.25) is 10.1 Å². The van der Waals surface area contributed by atoms with Gasteiger partial charge in [0.15, 0.2) is 0 Å². The van der Waals surface area contributed by atoms with Crippen LogP contribution in [0.15, 0.2) is 53.7 Å². The molecule has 0 saturated heterocycles. The first-order valence-corrected chi connectivity index (χ1v) is 6.13. The van der Waals surface area contributed by atoms with Crippen LogP contribution in [0.4, 0.5) is 5.69 Å². The Morgan fingerprint density at radius 3 is 2.12 bits per heavy atom. The molecule has 1 heterocycles. The van der Waals surface area contributed by atoms with E-state index in [1.807, 2.05) is 24.5 Å². The number of anilines is 1. The van der Waals surface area contributed by atoms with Crippen LogP contribution in [0, 0.1) is 0 Å². The molecule has 6 heteroatoms. The van der Waals surface area contributed by atoms with Gasteiger partial charge in [0, 0.05) is 12.4 Å². The molecule has 3 N–H and O–H groups in total. The molecule has 0 amide bonds. The molecule has 16 heavy (non-hydrogen) atoms. The number of nitrogens with one attached hydrogen (secondary N) is 1. The first-order chi connectivity index (χ1) is 7.55. The molecule has 0 spiro atoms. The Hall–Kier alpha value is -1.79. The van der Waals surface area contributed by atoms with Crippen LogP contribution in [0.5, 0.6) is 0 Å². The van der Waals surface area contributed by atoms with E-state index in [-0.39, 0.29) is 4.90 Å². The summed E-state index contributed by atoms with van der Waals surface area (Å²) in [5, 5.41) is 4.99. The van der Waals surface area contributed by atoms with Crippen molar-refractivity contribution in [3.05, 3.63) is 48.8 Å². The van der Waals surface area contributed by atoms with Crippen LogP contribution in [-0.2, 0) is 10.0 Å². The average Bonchev–Trinajstić information content (AvgIpc) is 2.70. The van der Waals surface area contributed by atoms with Crippen molar-refractivity contribution in [1.82, 2.24) is 4.68 Å². The van der Waals surface area contributed by atoms with Gasteiger partial charge in [0.1, 0.15) is 0 Å². The van der Waals surface area contributed by atoms with E-state index in [0.717, 1.165) is 5.69 Å². The van der Waals surface area contributed by atoms with Crippen molar-refractivity contribution in [2.24, 2.45) is 5.14 Å². The fraction of sp³-hybridized carbons (Fsp3) is 0. The molecular weight excluding hydrogens is 226 g/mol. The van der Waals surface area contributed by atoms with Gasteiger partial charge >= 0.3 is 0 Å². The zero-order chi connectivity index (χ0) is 11.6. The summed E-state index contributed by atoms with van der Waals surface area (Å²) in [6.07, 6.45) is 3.68. The summed E-state index contributed by atoms with van der Waals surface area (Å²) in [7, 11) is -3.62. The average molecular weight is 237 g/mol. The molecule has 2 aromatic rings. The Balaban J connectivity index is 2.20.